The van der Waals surface area contributed by atoms with Crippen molar-refractivity contribution in [3.8, 4) is 28.2 Å². The molecule has 0 bridgehead atoms. The fourth-order valence-electron chi connectivity index (χ4n) is 6.11. The summed E-state index contributed by atoms with van der Waals surface area (Å²) in [5.41, 5.74) is 9.64. The first-order valence-electron chi connectivity index (χ1n) is 12.7. The van der Waals surface area contributed by atoms with E-state index >= 15 is 0 Å². The van der Waals surface area contributed by atoms with Crippen LogP contribution in [0.4, 0.5) is 0 Å². The maximum absolute atomic E-state index is 5.12. The number of nitrogens with zero attached hydrogens (tertiary/aromatic N) is 2. The molecule has 1 aliphatic rings. The average Bonchev–Trinajstić information content (AvgIpc) is 3.51. The highest BCUT2D eigenvalue weighted by atomic mass is 32.1. The van der Waals surface area contributed by atoms with Gasteiger partial charge < -0.3 is 0 Å². The van der Waals surface area contributed by atoms with Gasteiger partial charge in [0.05, 0.1) is 16.7 Å². The Morgan fingerprint density at radius 1 is 0.622 bits per heavy atom. The Morgan fingerprint density at radius 3 is 2.27 bits per heavy atom. The average molecular weight is 493 g/mol. The summed E-state index contributed by atoms with van der Waals surface area (Å²) in [5, 5.41) is 2.67. The zero-order valence-corrected chi connectivity index (χ0v) is 21.5. The first-order valence-corrected chi connectivity index (χ1v) is 13.6. The van der Waals surface area contributed by atoms with Crippen molar-refractivity contribution in [2.45, 2.75) is 19.3 Å². The summed E-state index contributed by atoms with van der Waals surface area (Å²) in [6.07, 6.45) is 0. The van der Waals surface area contributed by atoms with E-state index in [2.05, 4.69) is 128 Å². The Hall–Kier alpha value is -4.21. The maximum atomic E-state index is 5.12. The van der Waals surface area contributed by atoms with Gasteiger partial charge in [-0.15, -0.1) is 11.3 Å². The van der Waals surface area contributed by atoms with Gasteiger partial charge in [0.25, 0.3) is 0 Å². The predicted molar refractivity (Wildman–Crippen MR) is 157 cm³/mol. The van der Waals surface area contributed by atoms with E-state index in [1.54, 1.807) is 0 Å². The number of hydrogen-bond acceptors (Lipinski definition) is 2. The Bertz CT molecular complexity index is 2010. The number of imidazole rings is 1. The van der Waals surface area contributed by atoms with E-state index in [0.717, 1.165) is 16.9 Å². The highest BCUT2D eigenvalue weighted by Crippen LogP contribution is 2.47. The highest BCUT2D eigenvalue weighted by molar-refractivity contribution is 7.25. The summed E-state index contributed by atoms with van der Waals surface area (Å²) in [7, 11) is 0. The Balaban J connectivity index is 1.38. The lowest BCUT2D eigenvalue weighted by molar-refractivity contribution is 0.629. The summed E-state index contributed by atoms with van der Waals surface area (Å²) < 4.78 is 5.06. The minimum Gasteiger partial charge on any atom is -0.292 e. The topological polar surface area (TPSA) is 17.8 Å². The van der Waals surface area contributed by atoms with Crippen LogP contribution in [0, 0.1) is 0 Å². The van der Waals surface area contributed by atoms with Crippen molar-refractivity contribution in [2.24, 2.45) is 0 Å². The molecule has 1 aliphatic heterocycles. The standard InChI is InChI=1S/C34H24N2S/c1-34(2)26-12-8-13-28-32(26)36(33(35-28)21-9-4-3-5-10-21)29-17-15-23(20-27(29)34)22-16-18-31-25(19-22)24-11-6-7-14-30(24)37-31/h3-20H,1-2H3. The third-order valence-corrected chi connectivity index (χ3v) is 9.15. The molecule has 8 rings (SSSR count). The van der Waals surface area contributed by atoms with Gasteiger partial charge >= 0.3 is 0 Å². The Kier molecular flexibility index (Phi) is 4.19. The molecule has 0 unspecified atom stereocenters. The van der Waals surface area contributed by atoms with Gasteiger partial charge in [0.1, 0.15) is 5.82 Å². The van der Waals surface area contributed by atoms with Crippen molar-refractivity contribution in [1.82, 2.24) is 9.55 Å². The minimum atomic E-state index is -0.145. The SMILES string of the molecule is CC1(C)c2cc(-c3ccc4sc5ccccc5c4c3)ccc2-n2c(-c3ccccc3)nc3cccc1c32. The zero-order chi connectivity index (χ0) is 24.7. The van der Waals surface area contributed by atoms with Crippen molar-refractivity contribution < 1.29 is 0 Å². The predicted octanol–water partition coefficient (Wildman–Crippen LogP) is 9.37. The van der Waals surface area contributed by atoms with Crippen LogP contribution >= 0.6 is 11.3 Å². The third kappa shape index (κ3) is 2.89. The number of hydrogen-bond donors (Lipinski definition) is 0. The van der Waals surface area contributed by atoms with Crippen LogP contribution < -0.4 is 0 Å². The second-order valence-corrected chi connectivity index (χ2v) is 11.6. The fraction of sp³-hybridized carbons (Fsp3) is 0.0882. The second kappa shape index (κ2) is 7.41. The molecule has 0 radical (unpaired) electrons. The largest absolute Gasteiger partial charge is 0.292 e. The normalized spacial score (nSPS) is 13.9. The van der Waals surface area contributed by atoms with Crippen LogP contribution in [0.15, 0.2) is 109 Å². The van der Waals surface area contributed by atoms with Crippen molar-refractivity contribution >= 4 is 42.5 Å². The number of fused-ring (bicyclic) bond motifs is 5. The molecular weight excluding hydrogens is 468 g/mol. The van der Waals surface area contributed by atoms with Gasteiger partial charge in [-0.05, 0) is 58.7 Å². The first-order chi connectivity index (χ1) is 18.1. The van der Waals surface area contributed by atoms with Crippen LogP contribution in [0.2, 0.25) is 0 Å². The van der Waals surface area contributed by atoms with Crippen LogP contribution in [-0.2, 0) is 5.41 Å². The van der Waals surface area contributed by atoms with E-state index in [0.29, 0.717) is 0 Å². The van der Waals surface area contributed by atoms with Gasteiger partial charge in [-0.2, -0.15) is 0 Å². The van der Waals surface area contributed by atoms with Crippen LogP contribution in [0.25, 0.3) is 59.4 Å². The molecule has 0 spiro atoms. The fourth-order valence-corrected chi connectivity index (χ4v) is 7.19. The van der Waals surface area contributed by atoms with Gasteiger partial charge in [-0.3, -0.25) is 4.57 Å². The van der Waals surface area contributed by atoms with E-state index < -0.39 is 0 Å². The van der Waals surface area contributed by atoms with Gasteiger partial charge in [0, 0.05) is 31.2 Å². The number of para-hydroxylation sites is 1. The molecule has 3 heterocycles. The summed E-state index contributed by atoms with van der Waals surface area (Å²) in [6.45, 7) is 4.69. The molecule has 0 amide bonds. The maximum Gasteiger partial charge on any atom is 0.145 e. The van der Waals surface area contributed by atoms with Gasteiger partial charge in [-0.25, -0.2) is 4.98 Å². The Labute approximate surface area is 219 Å². The van der Waals surface area contributed by atoms with Crippen LogP contribution in [0.1, 0.15) is 25.0 Å². The smallest absolute Gasteiger partial charge is 0.145 e. The van der Waals surface area contributed by atoms with Crippen molar-refractivity contribution in [1.29, 1.82) is 0 Å². The van der Waals surface area contributed by atoms with Gasteiger partial charge in [0.15, 0.2) is 0 Å². The van der Waals surface area contributed by atoms with E-state index in [1.165, 1.54) is 53.6 Å². The summed E-state index contributed by atoms with van der Waals surface area (Å²) >= 11 is 1.87. The molecule has 7 aromatic rings. The van der Waals surface area contributed by atoms with Crippen molar-refractivity contribution in [2.75, 3.05) is 0 Å². The molecule has 2 nitrogen and oxygen atoms in total. The minimum absolute atomic E-state index is 0.145. The lowest BCUT2D eigenvalue weighted by Crippen LogP contribution is -2.26. The highest BCUT2D eigenvalue weighted by Gasteiger charge is 2.35. The number of benzene rings is 5. The van der Waals surface area contributed by atoms with E-state index in [4.69, 9.17) is 4.98 Å². The number of thiophene rings is 1. The summed E-state index contributed by atoms with van der Waals surface area (Å²) in [6, 6.07) is 39.7. The van der Waals surface area contributed by atoms with Gasteiger partial charge in [-0.1, -0.05) is 86.6 Å². The van der Waals surface area contributed by atoms with Gasteiger partial charge in [0.2, 0.25) is 0 Å². The van der Waals surface area contributed by atoms with Crippen LogP contribution in [-0.4, -0.2) is 9.55 Å². The molecule has 0 saturated heterocycles. The van der Waals surface area contributed by atoms with E-state index in [9.17, 15) is 0 Å². The zero-order valence-electron chi connectivity index (χ0n) is 20.7. The molecule has 37 heavy (non-hydrogen) atoms. The Morgan fingerprint density at radius 2 is 1.38 bits per heavy atom. The van der Waals surface area contributed by atoms with E-state index in [-0.39, 0.29) is 5.41 Å². The molecule has 0 N–H and O–H groups in total. The summed E-state index contributed by atoms with van der Waals surface area (Å²) in [4.78, 5) is 5.12. The quantitative estimate of drug-likeness (QED) is 0.235. The molecule has 176 valence electrons. The van der Waals surface area contributed by atoms with Crippen molar-refractivity contribution in [3.05, 3.63) is 120 Å². The lowest BCUT2D eigenvalue weighted by atomic mass is 9.74. The van der Waals surface area contributed by atoms with Crippen molar-refractivity contribution in [3.63, 3.8) is 0 Å². The van der Waals surface area contributed by atoms with E-state index in [1.807, 2.05) is 11.3 Å². The lowest BCUT2D eigenvalue weighted by Gasteiger charge is -2.35. The third-order valence-electron chi connectivity index (χ3n) is 8.00. The first kappa shape index (κ1) is 20.9. The second-order valence-electron chi connectivity index (χ2n) is 10.5. The molecule has 0 fully saturated rings. The molecule has 0 atom stereocenters. The number of rotatable bonds is 2. The summed E-state index contributed by atoms with van der Waals surface area (Å²) in [5.74, 6) is 0.999. The molecule has 2 aromatic heterocycles. The molecule has 3 heteroatoms. The molecule has 0 aliphatic carbocycles. The number of aromatic nitrogens is 2. The molecule has 0 saturated carbocycles. The monoisotopic (exact) mass is 492 g/mol. The van der Waals surface area contributed by atoms with Crippen LogP contribution in [0.3, 0.4) is 0 Å². The van der Waals surface area contributed by atoms with Crippen LogP contribution in [0.5, 0.6) is 0 Å². The molecular formula is C34H24N2S. The molecule has 5 aromatic carbocycles.